The van der Waals surface area contributed by atoms with E-state index in [0.717, 1.165) is 41.5 Å². The van der Waals surface area contributed by atoms with Crippen LogP contribution in [0.15, 0.2) is 41.8 Å². The molecule has 28 heavy (non-hydrogen) atoms. The number of benzene rings is 1. The Morgan fingerprint density at radius 3 is 2.79 bits per heavy atom. The zero-order chi connectivity index (χ0) is 19.8. The molecule has 0 bridgehead atoms. The smallest absolute Gasteiger partial charge is 0.191 e. The molecule has 2 heterocycles. The minimum Gasteiger partial charge on any atom is -0.496 e. The highest BCUT2D eigenvalue weighted by molar-refractivity contribution is 5.86. The molecule has 3 rings (SSSR count). The lowest BCUT2D eigenvalue weighted by Gasteiger charge is -2.13. The van der Waals surface area contributed by atoms with E-state index >= 15 is 0 Å². The second-order valence-electron chi connectivity index (χ2n) is 6.14. The molecule has 3 N–H and O–H groups in total. The van der Waals surface area contributed by atoms with Gasteiger partial charge >= 0.3 is 0 Å². The molecule has 0 aliphatic carbocycles. The number of fused-ring (bicyclic) bond motifs is 1. The lowest BCUT2D eigenvalue weighted by molar-refractivity contribution is 0.409. The van der Waals surface area contributed by atoms with E-state index in [1.807, 2.05) is 25.2 Å². The second kappa shape index (κ2) is 9.54. The van der Waals surface area contributed by atoms with Gasteiger partial charge in [-0.15, -0.1) is 0 Å². The average molecular weight is 382 g/mol. The summed E-state index contributed by atoms with van der Waals surface area (Å²) in [6.07, 6.45) is 4.16. The molecular weight excluding hydrogens is 356 g/mol. The number of hydrogen-bond acceptors (Lipinski definition) is 6. The van der Waals surface area contributed by atoms with Crippen LogP contribution in [0, 0.1) is 0 Å². The molecule has 0 unspecified atom stereocenters. The van der Waals surface area contributed by atoms with Crippen molar-refractivity contribution in [3.05, 3.63) is 42.4 Å². The first-order valence-electron chi connectivity index (χ1n) is 9.16. The van der Waals surface area contributed by atoms with Crippen molar-refractivity contribution in [2.45, 2.75) is 6.42 Å². The third kappa shape index (κ3) is 4.67. The summed E-state index contributed by atoms with van der Waals surface area (Å²) in [5.74, 6) is 2.44. The van der Waals surface area contributed by atoms with E-state index in [2.05, 4.69) is 42.1 Å². The van der Waals surface area contributed by atoms with Gasteiger partial charge in [-0.2, -0.15) is 5.10 Å². The Morgan fingerprint density at radius 2 is 1.96 bits per heavy atom. The van der Waals surface area contributed by atoms with Crippen LogP contribution in [0.1, 0.15) is 5.56 Å². The number of anilines is 1. The number of para-hydroxylation sites is 1. The fraction of sp³-hybridized carbons (Fsp3) is 0.368. The number of hydrogen-bond donors (Lipinski definition) is 3. The van der Waals surface area contributed by atoms with E-state index in [9.17, 15) is 0 Å². The number of guanidine groups is 1. The normalized spacial score (nSPS) is 11.5. The Balaban J connectivity index is 1.43. The molecule has 0 atom stereocenters. The molecule has 0 aliphatic heterocycles. The average Bonchev–Trinajstić information content (AvgIpc) is 3.11. The number of nitrogens with one attached hydrogen (secondary N) is 3. The van der Waals surface area contributed by atoms with Crippen LogP contribution in [0.4, 0.5) is 5.82 Å². The van der Waals surface area contributed by atoms with Crippen molar-refractivity contribution in [1.29, 1.82) is 0 Å². The lowest BCUT2D eigenvalue weighted by Crippen LogP contribution is -2.40. The summed E-state index contributed by atoms with van der Waals surface area (Å²) in [5, 5.41) is 15.0. The van der Waals surface area contributed by atoms with Gasteiger partial charge in [0.2, 0.25) is 0 Å². The molecule has 3 aromatic rings. The first kappa shape index (κ1) is 19.4. The van der Waals surface area contributed by atoms with Gasteiger partial charge in [0.25, 0.3) is 0 Å². The summed E-state index contributed by atoms with van der Waals surface area (Å²) in [6.45, 7) is 2.14. The SMILES string of the molecule is CN=C(NCCNc1ncnc2c1cnn2C)NCCc1ccccc1OC. The molecule has 0 aliphatic rings. The third-order valence-electron chi connectivity index (χ3n) is 4.34. The summed E-state index contributed by atoms with van der Waals surface area (Å²) in [6, 6.07) is 8.03. The quantitative estimate of drug-likeness (QED) is 0.306. The van der Waals surface area contributed by atoms with Crippen molar-refractivity contribution in [3.8, 4) is 5.75 Å². The Labute approximate surface area is 164 Å². The van der Waals surface area contributed by atoms with Gasteiger partial charge in [0.15, 0.2) is 11.6 Å². The number of aryl methyl sites for hydroxylation is 1. The van der Waals surface area contributed by atoms with Crippen molar-refractivity contribution in [1.82, 2.24) is 30.4 Å². The van der Waals surface area contributed by atoms with Crippen LogP contribution >= 0.6 is 0 Å². The van der Waals surface area contributed by atoms with Crippen molar-refractivity contribution in [2.24, 2.45) is 12.0 Å². The van der Waals surface area contributed by atoms with Gasteiger partial charge < -0.3 is 20.7 Å². The maximum absolute atomic E-state index is 5.38. The summed E-state index contributed by atoms with van der Waals surface area (Å²) in [5.41, 5.74) is 1.97. The second-order valence-corrected chi connectivity index (χ2v) is 6.14. The molecule has 9 heteroatoms. The zero-order valence-corrected chi connectivity index (χ0v) is 16.4. The molecule has 0 radical (unpaired) electrons. The van der Waals surface area contributed by atoms with Gasteiger partial charge in [0.1, 0.15) is 17.9 Å². The highest BCUT2D eigenvalue weighted by atomic mass is 16.5. The largest absolute Gasteiger partial charge is 0.496 e. The van der Waals surface area contributed by atoms with Gasteiger partial charge in [-0.3, -0.25) is 9.67 Å². The highest BCUT2D eigenvalue weighted by Gasteiger charge is 2.07. The van der Waals surface area contributed by atoms with Crippen LogP contribution in [0.5, 0.6) is 5.75 Å². The number of aliphatic imine (C=N–C) groups is 1. The minimum atomic E-state index is 0.689. The molecular formula is C19H26N8O. The zero-order valence-electron chi connectivity index (χ0n) is 16.4. The number of nitrogens with zero attached hydrogens (tertiary/aromatic N) is 5. The van der Waals surface area contributed by atoms with Crippen LogP contribution in [-0.2, 0) is 13.5 Å². The monoisotopic (exact) mass is 382 g/mol. The molecule has 2 aromatic heterocycles. The van der Waals surface area contributed by atoms with Crippen LogP contribution in [-0.4, -0.2) is 59.5 Å². The summed E-state index contributed by atoms with van der Waals surface area (Å²) < 4.78 is 7.11. The maximum atomic E-state index is 5.38. The summed E-state index contributed by atoms with van der Waals surface area (Å²) in [7, 11) is 5.31. The number of aromatic nitrogens is 4. The maximum Gasteiger partial charge on any atom is 0.191 e. The molecule has 148 valence electrons. The summed E-state index contributed by atoms with van der Waals surface area (Å²) in [4.78, 5) is 12.8. The Kier molecular flexibility index (Phi) is 6.61. The van der Waals surface area contributed by atoms with E-state index < -0.39 is 0 Å². The van der Waals surface area contributed by atoms with Crippen molar-refractivity contribution >= 4 is 22.8 Å². The van der Waals surface area contributed by atoms with Gasteiger partial charge in [-0.1, -0.05) is 18.2 Å². The van der Waals surface area contributed by atoms with E-state index in [0.29, 0.717) is 13.1 Å². The van der Waals surface area contributed by atoms with Gasteiger partial charge in [0.05, 0.1) is 18.7 Å². The van der Waals surface area contributed by atoms with E-state index in [-0.39, 0.29) is 0 Å². The summed E-state index contributed by atoms with van der Waals surface area (Å²) >= 11 is 0. The van der Waals surface area contributed by atoms with E-state index in [4.69, 9.17) is 4.74 Å². The molecule has 0 amide bonds. The van der Waals surface area contributed by atoms with Gasteiger partial charge in [-0.05, 0) is 18.1 Å². The molecule has 1 aromatic carbocycles. The predicted octanol–water partition coefficient (Wildman–Crippen LogP) is 1.19. The molecule has 9 nitrogen and oxygen atoms in total. The molecule has 0 fully saturated rings. The Hall–Kier alpha value is -3.36. The highest BCUT2D eigenvalue weighted by Crippen LogP contribution is 2.17. The predicted molar refractivity (Wildman–Crippen MR) is 111 cm³/mol. The van der Waals surface area contributed by atoms with Crippen LogP contribution < -0.4 is 20.7 Å². The molecule has 0 saturated carbocycles. The third-order valence-corrected chi connectivity index (χ3v) is 4.34. The van der Waals surface area contributed by atoms with Crippen LogP contribution in [0.3, 0.4) is 0 Å². The van der Waals surface area contributed by atoms with Crippen LogP contribution in [0.25, 0.3) is 11.0 Å². The topological polar surface area (TPSA) is 101 Å². The van der Waals surface area contributed by atoms with Crippen molar-refractivity contribution in [2.75, 3.05) is 39.1 Å². The van der Waals surface area contributed by atoms with Crippen molar-refractivity contribution < 1.29 is 4.74 Å². The van der Waals surface area contributed by atoms with Crippen molar-refractivity contribution in [3.63, 3.8) is 0 Å². The first-order valence-corrected chi connectivity index (χ1v) is 9.16. The Bertz CT molecular complexity index is 937. The van der Waals surface area contributed by atoms with Gasteiger partial charge in [0, 0.05) is 33.7 Å². The Morgan fingerprint density at radius 1 is 1.14 bits per heavy atom. The van der Waals surface area contributed by atoms with E-state index in [1.165, 1.54) is 11.9 Å². The molecule has 0 saturated heterocycles. The van der Waals surface area contributed by atoms with E-state index in [1.54, 1.807) is 25.0 Å². The first-order chi connectivity index (χ1) is 13.7. The molecule has 0 spiro atoms. The lowest BCUT2D eigenvalue weighted by atomic mass is 10.1. The number of ether oxygens (including phenoxy) is 1. The standard InChI is InChI=1S/C19H26N8O/c1-20-19(22-9-8-14-6-4-5-7-16(14)28-3)23-11-10-21-17-15-12-26-27(2)18(15)25-13-24-17/h4-7,12-13H,8-11H2,1-3H3,(H2,20,22,23)(H,21,24,25). The fourth-order valence-electron chi connectivity index (χ4n) is 2.91. The number of rotatable bonds is 8. The number of methoxy groups -OCH3 is 1. The van der Waals surface area contributed by atoms with Gasteiger partial charge in [-0.25, -0.2) is 9.97 Å². The fourth-order valence-corrected chi connectivity index (χ4v) is 2.91. The minimum absolute atomic E-state index is 0.689. The van der Waals surface area contributed by atoms with Crippen LogP contribution in [0.2, 0.25) is 0 Å².